The van der Waals surface area contributed by atoms with E-state index in [4.69, 9.17) is 14.2 Å². The molecule has 2 aromatic rings. The van der Waals surface area contributed by atoms with E-state index >= 15 is 0 Å². The summed E-state index contributed by atoms with van der Waals surface area (Å²) >= 11 is 0. The van der Waals surface area contributed by atoms with Crippen molar-refractivity contribution in [2.45, 2.75) is 62.1 Å². The van der Waals surface area contributed by atoms with Crippen molar-refractivity contribution >= 4 is 23.7 Å². The fraction of sp³-hybridized carbons (Fsp3) is 0.459. The van der Waals surface area contributed by atoms with Gasteiger partial charge in [-0.25, -0.2) is 0 Å². The van der Waals surface area contributed by atoms with E-state index in [-0.39, 0.29) is 43.9 Å². The minimum Gasteiger partial charge on any atom is -0.455 e. The zero-order valence-corrected chi connectivity index (χ0v) is 27.1. The van der Waals surface area contributed by atoms with Crippen LogP contribution in [0, 0.1) is 11.8 Å². The number of allylic oxidation sites excluding steroid dienone is 1. The SMILES string of the molecule is COC[C@H]1NC(=O)CC/C=C\[C@H]2O[C@]34C=CCN(Cc5ccccc5)C(=O)[C@H]3N(CCCCO)C(=O)[C@@H]4[C@H]2C(=O)O[C@@H]1c1ccccc1. The number of methoxy groups -OCH3 is 1. The maximum absolute atomic E-state index is 14.6. The predicted octanol–water partition coefficient (Wildman–Crippen LogP) is 2.70. The van der Waals surface area contributed by atoms with Crippen molar-refractivity contribution < 1.29 is 38.5 Å². The maximum Gasteiger partial charge on any atom is 0.313 e. The summed E-state index contributed by atoms with van der Waals surface area (Å²) in [5, 5.41) is 12.5. The van der Waals surface area contributed by atoms with E-state index in [2.05, 4.69) is 5.32 Å². The second-order valence-corrected chi connectivity index (χ2v) is 12.8. The Bertz CT molecular complexity index is 1530. The number of nitrogens with one attached hydrogen (secondary N) is 1. The maximum atomic E-state index is 14.6. The van der Waals surface area contributed by atoms with Crippen LogP contribution in [0.1, 0.15) is 42.9 Å². The normalized spacial score (nSPS) is 31.1. The first-order valence-corrected chi connectivity index (χ1v) is 16.7. The molecule has 2 saturated heterocycles. The van der Waals surface area contributed by atoms with Crippen molar-refractivity contribution in [2.75, 3.05) is 33.4 Å². The van der Waals surface area contributed by atoms with E-state index < -0.39 is 47.7 Å². The summed E-state index contributed by atoms with van der Waals surface area (Å²) in [6.45, 7) is 0.906. The second kappa shape index (κ2) is 14.8. The summed E-state index contributed by atoms with van der Waals surface area (Å²) in [6, 6.07) is 17.1. The van der Waals surface area contributed by atoms with Gasteiger partial charge >= 0.3 is 5.97 Å². The number of carbonyl (C=O) groups excluding carboxylic acids is 4. The van der Waals surface area contributed by atoms with Crippen LogP contribution in [0.3, 0.4) is 0 Å². The molecular formula is C37H43N3O8. The molecule has 0 aromatic heterocycles. The molecular weight excluding hydrogens is 614 g/mol. The lowest BCUT2D eigenvalue weighted by Crippen LogP contribution is -2.55. The molecule has 4 aliphatic rings. The second-order valence-electron chi connectivity index (χ2n) is 12.8. The number of rotatable bonds is 9. The van der Waals surface area contributed by atoms with Crippen LogP contribution in [0.4, 0.5) is 0 Å². The van der Waals surface area contributed by atoms with Crippen molar-refractivity contribution in [3.8, 4) is 0 Å². The van der Waals surface area contributed by atoms with E-state index in [0.29, 0.717) is 37.9 Å². The molecule has 3 amide bonds. The lowest BCUT2D eigenvalue weighted by atomic mass is 9.77. The van der Waals surface area contributed by atoms with E-state index in [1.807, 2.05) is 66.7 Å². The molecule has 2 aromatic carbocycles. The molecule has 4 aliphatic heterocycles. The number of hydrogen-bond donors (Lipinski definition) is 2. The molecule has 254 valence electrons. The molecule has 0 radical (unpaired) electrons. The summed E-state index contributed by atoms with van der Waals surface area (Å²) in [6.07, 6.45) is 6.86. The third-order valence-electron chi connectivity index (χ3n) is 9.67. The third kappa shape index (κ3) is 6.54. The van der Waals surface area contributed by atoms with Crippen molar-refractivity contribution in [2.24, 2.45) is 11.8 Å². The summed E-state index contributed by atoms with van der Waals surface area (Å²) in [5.74, 6) is -3.61. The van der Waals surface area contributed by atoms with Crippen molar-refractivity contribution in [3.63, 3.8) is 0 Å². The minimum atomic E-state index is -1.43. The molecule has 0 aliphatic carbocycles. The molecule has 0 saturated carbocycles. The first-order valence-electron chi connectivity index (χ1n) is 16.7. The highest BCUT2D eigenvalue weighted by Crippen LogP contribution is 2.53. The highest BCUT2D eigenvalue weighted by atomic mass is 16.6. The van der Waals surface area contributed by atoms with Crippen LogP contribution in [0.2, 0.25) is 0 Å². The number of fused-ring (bicyclic) bond motifs is 2. The number of aliphatic hydroxyl groups excluding tert-OH is 1. The smallest absolute Gasteiger partial charge is 0.313 e. The zero-order chi connectivity index (χ0) is 33.7. The molecule has 1 spiro atoms. The topological polar surface area (TPSA) is 135 Å². The Morgan fingerprint density at radius 3 is 2.46 bits per heavy atom. The van der Waals surface area contributed by atoms with Gasteiger partial charge in [-0.1, -0.05) is 85.0 Å². The Labute approximate surface area is 280 Å². The van der Waals surface area contributed by atoms with Crippen LogP contribution >= 0.6 is 0 Å². The number of hydrogen-bond acceptors (Lipinski definition) is 8. The third-order valence-corrected chi connectivity index (χ3v) is 9.67. The lowest BCUT2D eigenvalue weighted by Gasteiger charge is -2.35. The van der Waals surface area contributed by atoms with Crippen LogP contribution in [-0.4, -0.2) is 95.8 Å². The number of unbranched alkanes of at least 4 members (excludes halogenated alkanes) is 1. The van der Waals surface area contributed by atoms with Gasteiger partial charge in [-0.3, -0.25) is 19.2 Å². The number of nitrogens with zero attached hydrogens (tertiary/aromatic N) is 2. The average molecular weight is 658 g/mol. The van der Waals surface area contributed by atoms with Gasteiger partial charge in [0.25, 0.3) is 0 Å². The number of esters is 1. The average Bonchev–Trinajstić information content (AvgIpc) is 3.48. The van der Waals surface area contributed by atoms with Crippen LogP contribution in [0.5, 0.6) is 0 Å². The molecule has 11 nitrogen and oxygen atoms in total. The Morgan fingerprint density at radius 2 is 1.73 bits per heavy atom. The lowest BCUT2D eigenvalue weighted by molar-refractivity contribution is -0.162. The number of ether oxygens (including phenoxy) is 3. The number of aliphatic hydroxyl groups is 1. The van der Waals surface area contributed by atoms with Gasteiger partial charge in [0.1, 0.15) is 23.7 Å². The Kier molecular flexibility index (Phi) is 10.4. The Hall–Kier alpha value is -4.32. The highest BCUT2D eigenvalue weighted by Gasteiger charge is 2.71. The molecule has 0 bridgehead atoms. The minimum absolute atomic E-state index is 0.0480. The van der Waals surface area contributed by atoms with Crippen LogP contribution < -0.4 is 5.32 Å². The number of benzene rings is 2. The van der Waals surface area contributed by atoms with Gasteiger partial charge in [0.15, 0.2) is 0 Å². The zero-order valence-electron chi connectivity index (χ0n) is 27.1. The summed E-state index contributed by atoms with van der Waals surface area (Å²) < 4.78 is 18.5. The Balaban J connectivity index is 1.41. The van der Waals surface area contributed by atoms with Crippen LogP contribution in [0.15, 0.2) is 85.0 Å². The van der Waals surface area contributed by atoms with Gasteiger partial charge in [0, 0.05) is 39.8 Å². The standard InChI is InChI=1S/C37H43N3O8/c1-46-24-27-32(26-15-6-3-7-16-26)47-36(45)30-28(17-8-9-18-29(42)38-27)48-37-19-12-20-39(23-25-13-4-2-5-14-25)35(44)33(37)40(21-10-11-22-41)34(43)31(30)37/h2-8,12-17,19,27-28,30-33,41H,9-11,18,20-24H2,1H3,(H,38,42)/b17-8-/t27-,28-,30+,31+,32-,33-,37+/m1/s1. The predicted molar refractivity (Wildman–Crippen MR) is 175 cm³/mol. The molecule has 7 atom stereocenters. The van der Waals surface area contributed by atoms with E-state index in [1.165, 1.54) is 7.11 Å². The molecule has 0 unspecified atom stereocenters. The monoisotopic (exact) mass is 657 g/mol. The van der Waals surface area contributed by atoms with E-state index in [1.54, 1.807) is 28.0 Å². The molecule has 4 heterocycles. The number of carbonyl (C=O) groups is 4. The Morgan fingerprint density at radius 1 is 0.979 bits per heavy atom. The molecule has 6 rings (SSSR count). The van der Waals surface area contributed by atoms with Gasteiger partial charge in [0.2, 0.25) is 17.7 Å². The summed E-state index contributed by atoms with van der Waals surface area (Å²) in [5.41, 5.74) is 0.178. The van der Waals surface area contributed by atoms with Gasteiger partial charge < -0.3 is 34.4 Å². The summed E-state index contributed by atoms with van der Waals surface area (Å²) in [4.78, 5) is 59.8. The number of amides is 3. The fourth-order valence-corrected chi connectivity index (χ4v) is 7.52. The molecule has 11 heteroatoms. The van der Waals surface area contributed by atoms with Gasteiger partial charge in [-0.15, -0.1) is 0 Å². The first-order chi connectivity index (χ1) is 23.4. The fourth-order valence-electron chi connectivity index (χ4n) is 7.52. The van der Waals surface area contributed by atoms with Crippen LogP contribution in [-0.2, 0) is 39.9 Å². The van der Waals surface area contributed by atoms with Crippen LogP contribution in [0.25, 0.3) is 0 Å². The van der Waals surface area contributed by atoms with Crippen molar-refractivity contribution in [3.05, 3.63) is 96.1 Å². The summed E-state index contributed by atoms with van der Waals surface area (Å²) in [7, 11) is 1.51. The number of likely N-dealkylation sites (tertiary alicyclic amines) is 1. The molecule has 2 fully saturated rings. The van der Waals surface area contributed by atoms with Gasteiger partial charge in [-0.2, -0.15) is 0 Å². The largest absolute Gasteiger partial charge is 0.455 e. The van der Waals surface area contributed by atoms with Crippen molar-refractivity contribution in [1.29, 1.82) is 0 Å². The van der Waals surface area contributed by atoms with E-state index in [0.717, 1.165) is 5.56 Å². The highest BCUT2D eigenvalue weighted by molar-refractivity contribution is 5.99. The van der Waals surface area contributed by atoms with E-state index in [9.17, 15) is 24.3 Å². The quantitative estimate of drug-likeness (QED) is 0.239. The molecule has 2 N–H and O–H groups in total. The number of cyclic esters (lactones) is 1. The molecule has 48 heavy (non-hydrogen) atoms. The first kappa shape index (κ1) is 33.6. The van der Waals surface area contributed by atoms with Gasteiger partial charge in [0.05, 0.1) is 24.7 Å². The van der Waals surface area contributed by atoms with Gasteiger partial charge in [-0.05, 0) is 30.4 Å². The van der Waals surface area contributed by atoms with Crippen molar-refractivity contribution in [1.82, 2.24) is 15.1 Å².